The molecule has 0 bridgehead atoms. The van der Waals surface area contributed by atoms with Crippen LogP contribution in [0.25, 0.3) is 0 Å². The summed E-state index contributed by atoms with van der Waals surface area (Å²) in [5.74, 6) is 1.01. The van der Waals surface area contributed by atoms with Gasteiger partial charge in [0.05, 0.1) is 6.61 Å². The summed E-state index contributed by atoms with van der Waals surface area (Å²) in [4.78, 5) is 14.5. The molecule has 1 N–H and O–H groups in total. The van der Waals surface area contributed by atoms with E-state index in [9.17, 15) is 4.79 Å². The van der Waals surface area contributed by atoms with E-state index in [1.54, 1.807) is 7.11 Å². The lowest BCUT2D eigenvalue weighted by atomic mass is 10.1. The van der Waals surface area contributed by atoms with Crippen LogP contribution < -0.4 is 5.32 Å². The second-order valence-corrected chi connectivity index (χ2v) is 5.31. The molecule has 1 saturated carbocycles. The highest BCUT2D eigenvalue weighted by Crippen LogP contribution is 2.35. The SMILES string of the molecule is CCNCC(C)C(=O)N(CCOC)C(C)C1CC1. The van der Waals surface area contributed by atoms with E-state index in [4.69, 9.17) is 4.74 Å². The lowest BCUT2D eigenvalue weighted by Crippen LogP contribution is -2.46. The molecule has 0 aliphatic heterocycles. The largest absolute Gasteiger partial charge is 0.383 e. The van der Waals surface area contributed by atoms with Crippen LogP contribution in [0, 0.1) is 11.8 Å². The molecule has 0 radical (unpaired) electrons. The van der Waals surface area contributed by atoms with Crippen molar-refractivity contribution in [3.63, 3.8) is 0 Å². The van der Waals surface area contributed by atoms with Gasteiger partial charge in [-0.25, -0.2) is 0 Å². The first-order valence-corrected chi connectivity index (χ1v) is 7.11. The first-order chi connectivity index (χ1) is 8.61. The zero-order chi connectivity index (χ0) is 13.5. The fourth-order valence-electron chi connectivity index (χ4n) is 2.27. The maximum Gasteiger partial charge on any atom is 0.227 e. The summed E-state index contributed by atoms with van der Waals surface area (Å²) in [6, 6.07) is 0.358. The molecule has 0 aromatic rings. The summed E-state index contributed by atoms with van der Waals surface area (Å²) < 4.78 is 5.12. The van der Waals surface area contributed by atoms with Gasteiger partial charge in [-0.15, -0.1) is 0 Å². The van der Waals surface area contributed by atoms with Gasteiger partial charge in [-0.05, 0) is 32.2 Å². The molecule has 4 nitrogen and oxygen atoms in total. The monoisotopic (exact) mass is 256 g/mol. The summed E-state index contributed by atoms with van der Waals surface area (Å²) in [5.41, 5.74) is 0. The van der Waals surface area contributed by atoms with Crippen LogP contribution in [0.15, 0.2) is 0 Å². The number of nitrogens with zero attached hydrogens (tertiary/aromatic N) is 1. The number of carbonyl (C=O) groups excluding carboxylic acids is 1. The van der Waals surface area contributed by atoms with Crippen LogP contribution in [-0.4, -0.2) is 50.2 Å². The van der Waals surface area contributed by atoms with Gasteiger partial charge in [-0.3, -0.25) is 4.79 Å². The fraction of sp³-hybridized carbons (Fsp3) is 0.929. The highest BCUT2D eigenvalue weighted by molar-refractivity contribution is 5.79. The van der Waals surface area contributed by atoms with Gasteiger partial charge in [0.2, 0.25) is 5.91 Å². The molecular weight excluding hydrogens is 228 g/mol. The van der Waals surface area contributed by atoms with E-state index in [0.29, 0.717) is 25.1 Å². The maximum atomic E-state index is 12.5. The summed E-state index contributed by atoms with van der Waals surface area (Å²) in [5, 5.41) is 3.24. The number of methoxy groups -OCH3 is 1. The van der Waals surface area contributed by atoms with Crippen LogP contribution >= 0.6 is 0 Å². The molecule has 2 unspecified atom stereocenters. The second kappa shape index (κ2) is 7.74. The molecule has 1 aliphatic rings. The Morgan fingerprint density at radius 3 is 2.61 bits per heavy atom. The normalized spacial score (nSPS) is 18.4. The Morgan fingerprint density at radius 1 is 1.44 bits per heavy atom. The van der Waals surface area contributed by atoms with Crippen molar-refractivity contribution >= 4 is 5.91 Å². The van der Waals surface area contributed by atoms with Crippen LogP contribution in [0.2, 0.25) is 0 Å². The number of carbonyl (C=O) groups is 1. The Balaban J connectivity index is 2.53. The standard InChI is InChI=1S/C14H28N2O2/c1-5-15-10-11(2)14(17)16(8-9-18-4)12(3)13-6-7-13/h11-13,15H,5-10H2,1-4H3. The van der Waals surface area contributed by atoms with Crippen molar-refractivity contribution in [2.75, 3.05) is 33.4 Å². The van der Waals surface area contributed by atoms with Gasteiger partial charge in [0.1, 0.15) is 0 Å². The summed E-state index contributed by atoms with van der Waals surface area (Å²) in [6.45, 7) is 9.24. The van der Waals surface area contributed by atoms with E-state index >= 15 is 0 Å². The quantitative estimate of drug-likeness (QED) is 0.680. The smallest absolute Gasteiger partial charge is 0.227 e. The minimum absolute atomic E-state index is 0.0445. The molecule has 0 spiro atoms. The Morgan fingerprint density at radius 2 is 2.11 bits per heavy atom. The zero-order valence-electron chi connectivity index (χ0n) is 12.2. The van der Waals surface area contributed by atoms with Gasteiger partial charge >= 0.3 is 0 Å². The molecule has 1 aliphatic carbocycles. The van der Waals surface area contributed by atoms with E-state index < -0.39 is 0 Å². The minimum Gasteiger partial charge on any atom is -0.383 e. The predicted octanol–water partition coefficient (Wildman–Crippen LogP) is 1.51. The third-order valence-electron chi connectivity index (χ3n) is 3.74. The highest BCUT2D eigenvalue weighted by atomic mass is 16.5. The Bertz CT molecular complexity index is 254. The van der Waals surface area contributed by atoms with E-state index in [1.165, 1.54) is 12.8 Å². The van der Waals surface area contributed by atoms with Gasteiger partial charge in [0.25, 0.3) is 0 Å². The number of nitrogens with one attached hydrogen (secondary N) is 1. The summed E-state index contributed by atoms with van der Waals surface area (Å²) in [6.07, 6.45) is 2.53. The molecule has 0 aromatic carbocycles. The molecular formula is C14H28N2O2. The van der Waals surface area contributed by atoms with Crippen molar-refractivity contribution in [2.24, 2.45) is 11.8 Å². The first-order valence-electron chi connectivity index (χ1n) is 7.11. The molecule has 0 aromatic heterocycles. The second-order valence-electron chi connectivity index (χ2n) is 5.31. The van der Waals surface area contributed by atoms with Crippen LogP contribution in [-0.2, 0) is 9.53 Å². The van der Waals surface area contributed by atoms with Gasteiger partial charge in [-0.1, -0.05) is 13.8 Å². The molecule has 1 amide bonds. The topological polar surface area (TPSA) is 41.6 Å². The highest BCUT2D eigenvalue weighted by Gasteiger charge is 2.35. The van der Waals surface area contributed by atoms with Crippen molar-refractivity contribution in [3.05, 3.63) is 0 Å². The predicted molar refractivity (Wildman–Crippen MR) is 73.5 cm³/mol. The van der Waals surface area contributed by atoms with Gasteiger partial charge in [-0.2, -0.15) is 0 Å². The molecule has 1 fully saturated rings. The van der Waals surface area contributed by atoms with E-state index in [-0.39, 0.29) is 11.8 Å². The lowest BCUT2D eigenvalue weighted by Gasteiger charge is -2.31. The van der Waals surface area contributed by atoms with Crippen molar-refractivity contribution < 1.29 is 9.53 Å². The van der Waals surface area contributed by atoms with Gasteiger partial charge in [0, 0.05) is 32.2 Å². The zero-order valence-corrected chi connectivity index (χ0v) is 12.2. The Labute approximate surface area is 111 Å². The number of hydrogen-bond donors (Lipinski definition) is 1. The van der Waals surface area contributed by atoms with Gasteiger partial charge in [0.15, 0.2) is 0 Å². The summed E-state index contributed by atoms with van der Waals surface area (Å²) >= 11 is 0. The minimum atomic E-state index is 0.0445. The summed E-state index contributed by atoms with van der Waals surface area (Å²) in [7, 11) is 1.69. The van der Waals surface area contributed by atoms with E-state index in [0.717, 1.165) is 13.1 Å². The lowest BCUT2D eigenvalue weighted by molar-refractivity contribution is -0.138. The van der Waals surface area contributed by atoms with Crippen molar-refractivity contribution in [1.82, 2.24) is 10.2 Å². The maximum absolute atomic E-state index is 12.5. The number of ether oxygens (including phenoxy) is 1. The van der Waals surface area contributed by atoms with Crippen LogP contribution in [0.5, 0.6) is 0 Å². The fourth-order valence-corrected chi connectivity index (χ4v) is 2.27. The molecule has 106 valence electrons. The van der Waals surface area contributed by atoms with Crippen LogP contribution in [0.1, 0.15) is 33.6 Å². The molecule has 0 saturated heterocycles. The average molecular weight is 256 g/mol. The van der Waals surface area contributed by atoms with Crippen molar-refractivity contribution in [2.45, 2.75) is 39.7 Å². The van der Waals surface area contributed by atoms with Crippen LogP contribution in [0.3, 0.4) is 0 Å². The number of hydrogen-bond acceptors (Lipinski definition) is 3. The molecule has 0 heterocycles. The number of rotatable bonds is 9. The van der Waals surface area contributed by atoms with E-state index in [1.807, 2.05) is 11.8 Å². The third-order valence-corrected chi connectivity index (χ3v) is 3.74. The first kappa shape index (κ1) is 15.4. The van der Waals surface area contributed by atoms with Gasteiger partial charge < -0.3 is 15.0 Å². The Kier molecular flexibility index (Phi) is 6.65. The van der Waals surface area contributed by atoms with Crippen molar-refractivity contribution in [1.29, 1.82) is 0 Å². The average Bonchev–Trinajstić information content (AvgIpc) is 3.19. The van der Waals surface area contributed by atoms with Crippen molar-refractivity contribution in [3.8, 4) is 0 Å². The molecule has 2 atom stereocenters. The van der Waals surface area contributed by atoms with E-state index in [2.05, 4.69) is 19.2 Å². The Hall–Kier alpha value is -0.610. The molecule has 4 heteroatoms. The van der Waals surface area contributed by atoms with Crippen LogP contribution in [0.4, 0.5) is 0 Å². The third kappa shape index (κ3) is 4.58. The molecule has 1 rings (SSSR count). The molecule has 18 heavy (non-hydrogen) atoms. The number of amides is 1.